The molecule has 0 amide bonds. The summed E-state index contributed by atoms with van der Waals surface area (Å²) in [6, 6.07) is 12.9. The zero-order valence-electron chi connectivity index (χ0n) is 22.9. The Bertz CT molecular complexity index is 1120. The largest absolute Gasteiger partial charge is 0.478 e. The molecule has 2 aromatic rings. The first-order chi connectivity index (χ1) is 18.8. The van der Waals surface area contributed by atoms with Crippen LogP contribution in [0.5, 0.6) is 11.5 Å². The van der Waals surface area contributed by atoms with Gasteiger partial charge in [-0.15, -0.1) is 0 Å². The van der Waals surface area contributed by atoms with Crippen LogP contribution in [0.25, 0.3) is 0 Å². The van der Waals surface area contributed by atoms with Crippen LogP contribution in [-0.4, -0.2) is 61.5 Å². The molecule has 0 saturated carbocycles. The highest BCUT2D eigenvalue weighted by Gasteiger charge is 2.28. The van der Waals surface area contributed by atoms with Crippen molar-refractivity contribution in [3.05, 3.63) is 84.0 Å². The summed E-state index contributed by atoms with van der Waals surface area (Å²) >= 11 is 0. The molecule has 2 aliphatic heterocycles. The van der Waals surface area contributed by atoms with Crippen LogP contribution in [0.1, 0.15) is 48.9 Å². The van der Waals surface area contributed by atoms with Gasteiger partial charge in [-0.3, -0.25) is 9.80 Å². The summed E-state index contributed by atoms with van der Waals surface area (Å²) in [5.74, 6) is 1.04. The van der Waals surface area contributed by atoms with E-state index in [4.69, 9.17) is 18.9 Å². The van der Waals surface area contributed by atoms with Gasteiger partial charge in [0.15, 0.2) is 0 Å². The highest BCUT2D eigenvalue weighted by molar-refractivity contribution is 5.81. The molecule has 0 spiro atoms. The number of hydrogen-bond donors (Lipinski definition) is 0. The maximum atomic E-state index is 11.2. The van der Waals surface area contributed by atoms with Crippen LogP contribution in [0.2, 0.25) is 0 Å². The summed E-state index contributed by atoms with van der Waals surface area (Å²) in [6.45, 7) is 16.2. The molecule has 0 bridgehead atoms. The number of hydrogen-bond acceptors (Lipinski definition) is 8. The highest BCUT2D eigenvalue weighted by atomic mass is 16.5. The van der Waals surface area contributed by atoms with Gasteiger partial charge in [0.05, 0.1) is 13.2 Å². The monoisotopic (exact) mass is 534 g/mol. The van der Waals surface area contributed by atoms with Crippen molar-refractivity contribution in [1.29, 1.82) is 0 Å². The lowest BCUT2D eigenvalue weighted by atomic mass is 9.77. The van der Waals surface area contributed by atoms with E-state index in [1.165, 1.54) is 23.3 Å². The van der Waals surface area contributed by atoms with E-state index in [-0.39, 0.29) is 5.41 Å². The van der Waals surface area contributed by atoms with Gasteiger partial charge in [-0.2, -0.15) is 0 Å². The van der Waals surface area contributed by atoms with Crippen LogP contribution in [0.4, 0.5) is 0 Å². The molecule has 39 heavy (non-hydrogen) atoms. The quantitative estimate of drug-likeness (QED) is 0.223. The average molecular weight is 535 g/mol. The van der Waals surface area contributed by atoms with Gasteiger partial charge in [-0.1, -0.05) is 39.1 Å². The van der Waals surface area contributed by atoms with Gasteiger partial charge in [-0.05, 0) is 48.2 Å². The predicted octanol–water partition coefficient (Wildman–Crippen LogP) is 4.55. The van der Waals surface area contributed by atoms with Crippen LogP contribution in [0, 0.1) is 0 Å². The number of ether oxygens (including phenoxy) is 4. The summed E-state index contributed by atoms with van der Waals surface area (Å²) in [4.78, 5) is 26.9. The Morgan fingerprint density at radius 1 is 0.821 bits per heavy atom. The molecule has 0 aromatic heterocycles. The van der Waals surface area contributed by atoms with Crippen LogP contribution in [0.3, 0.4) is 0 Å². The van der Waals surface area contributed by atoms with Crippen molar-refractivity contribution in [3.8, 4) is 11.5 Å². The van der Waals surface area contributed by atoms with E-state index in [0.29, 0.717) is 26.7 Å². The lowest BCUT2D eigenvalue weighted by molar-refractivity contribution is -0.138. The summed E-state index contributed by atoms with van der Waals surface area (Å²) in [7, 11) is 0. The molecule has 0 aliphatic carbocycles. The summed E-state index contributed by atoms with van der Waals surface area (Å²) in [5.41, 5.74) is 4.50. The number of rotatable bonds is 12. The molecule has 2 heterocycles. The van der Waals surface area contributed by atoms with Gasteiger partial charge in [0, 0.05) is 54.9 Å². The van der Waals surface area contributed by atoms with Gasteiger partial charge in [0.2, 0.25) is 0 Å². The Hall–Kier alpha value is -3.62. The van der Waals surface area contributed by atoms with Crippen LogP contribution < -0.4 is 9.47 Å². The summed E-state index contributed by atoms with van der Waals surface area (Å²) < 4.78 is 22.2. The van der Waals surface area contributed by atoms with E-state index in [9.17, 15) is 9.59 Å². The molecule has 0 radical (unpaired) electrons. The number of fused-ring (bicyclic) bond motifs is 2. The molecule has 2 aromatic carbocycles. The first kappa shape index (κ1) is 28.4. The lowest BCUT2D eigenvalue weighted by Gasteiger charge is -2.33. The van der Waals surface area contributed by atoms with E-state index in [1.54, 1.807) is 0 Å². The van der Waals surface area contributed by atoms with E-state index in [2.05, 4.69) is 73.2 Å². The Kier molecular flexibility index (Phi) is 9.43. The lowest BCUT2D eigenvalue weighted by Crippen LogP contribution is -2.34. The van der Waals surface area contributed by atoms with Crippen molar-refractivity contribution in [3.63, 3.8) is 0 Å². The third kappa shape index (κ3) is 7.28. The van der Waals surface area contributed by atoms with Gasteiger partial charge in [0.25, 0.3) is 0 Å². The van der Waals surface area contributed by atoms with E-state index in [1.807, 2.05) is 0 Å². The smallest absolute Gasteiger partial charge is 0.330 e. The normalized spacial score (nSPS) is 15.2. The highest BCUT2D eigenvalue weighted by Crippen LogP contribution is 2.38. The topological polar surface area (TPSA) is 77.5 Å². The van der Waals surface area contributed by atoms with E-state index < -0.39 is 11.9 Å². The maximum Gasteiger partial charge on any atom is 0.330 e. The number of carbonyl (C=O) groups is 2. The molecule has 8 heteroatoms. The zero-order valence-corrected chi connectivity index (χ0v) is 22.9. The van der Waals surface area contributed by atoms with Gasteiger partial charge in [0.1, 0.15) is 25.0 Å². The molecule has 0 atom stereocenters. The minimum Gasteiger partial charge on any atom is -0.478 e. The van der Waals surface area contributed by atoms with Crippen molar-refractivity contribution in [2.45, 2.75) is 45.2 Å². The first-order valence-electron chi connectivity index (χ1n) is 13.4. The fourth-order valence-corrected chi connectivity index (χ4v) is 4.85. The predicted molar refractivity (Wildman–Crippen MR) is 148 cm³/mol. The van der Waals surface area contributed by atoms with Crippen LogP contribution in [0.15, 0.2) is 61.7 Å². The number of carbonyl (C=O) groups excluding carboxylic acids is 2. The molecule has 0 fully saturated rings. The molecule has 0 N–H and O–H groups in total. The minimum atomic E-state index is -0.393. The van der Waals surface area contributed by atoms with E-state index in [0.717, 1.165) is 61.6 Å². The third-order valence-corrected chi connectivity index (χ3v) is 7.22. The van der Waals surface area contributed by atoms with Gasteiger partial charge in [-0.25, -0.2) is 9.59 Å². The molecule has 4 rings (SSSR count). The second kappa shape index (κ2) is 13.0. The fraction of sp³-hybridized carbons (Fsp3) is 0.419. The Labute approximate surface area is 230 Å². The van der Waals surface area contributed by atoms with Crippen molar-refractivity contribution < 1.29 is 28.5 Å². The fourth-order valence-electron chi connectivity index (χ4n) is 4.85. The van der Waals surface area contributed by atoms with Gasteiger partial charge < -0.3 is 18.9 Å². The maximum absolute atomic E-state index is 11.2. The molecule has 0 unspecified atom stereocenters. The van der Waals surface area contributed by atoms with E-state index >= 15 is 0 Å². The zero-order chi connectivity index (χ0) is 27.8. The van der Waals surface area contributed by atoms with Crippen molar-refractivity contribution in [2.75, 3.05) is 39.8 Å². The molecule has 0 saturated heterocycles. The van der Waals surface area contributed by atoms with Crippen molar-refractivity contribution >= 4 is 11.9 Å². The average Bonchev–Trinajstić information content (AvgIpc) is 2.96. The minimum absolute atomic E-state index is 0.230. The molecular weight excluding hydrogens is 496 g/mol. The first-order valence-corrected chi connectivity index (χ1v) is 13.4. The SMILES string of the molecule is C=CC(=O)OCCCN1COc2ccc(C(C)(C)c3ccc4c(c3)CN(CCCOC(=O)C=C)CO4)cc2C1. The molecular formula is C31H38N2O6. The second-order valence-corrected chi connectivity index (χ2v) is 10.4. The summed E-state index contributed by atoms with van der Waals surface area (Å²) in [5, 5.41) is 0. The number of nitrogens with zero attached hydrogens (tertiary/aromatic N) is 2. The van der Waals surface area contributed by atoms with Crippen molar-refractivity contribution in [1.82, 2.24) is 9.80 Å². The Balaban J connectivity index is 1.39. The number of esters is 2. The Morgan fingerprint density at radius 2 is 1.26 bits per heavy atom. The standard InChI is InChI=1S/C31H38N2O6/c1-5-29(34)36-15-7-13-32-19-23-17-25(9-11-27(23)38-21-32)31(3,4)26-10-12-28-24(18-26)20-33(22-39-28)14-8-16-37-30(35)6-2/h5-6,9-12,17-18H,1-2,7-8,13-16,19-22H2,3-4H3. The third-order valence-electron chi connectivity index (χ3n) is 7.22. The molecule has 2 aliphatic rings. The van der Waals surface area contributed by atoms with Crippen LogP contribution >= 0.6 is 0 Å². The number of benzene rings is 2. The summed E-state index contributed by atoms with van der Waals surface area (Å²) in [6.07, 6.45) is 3.83. The molecule has 208 valence electrons. The van der Waals surface area contributed by atoms with Crippen molar-refractivity contribution in [2.24, 2.45) is 0 Å². The van der Waals surface area contributed by atoms with Gasteiger partial charge >= 0.3 is 11.9 Å². The Morgan fingerprint density at radius 3 is 1.67 bits per heavy atom. The van der Waals surface area contributed by atoms with Crippen LogP contribution in [-0.2, 0) is 37.6 Å². The molecule has 8 nitrogen and oxygen atoms in total. The second-order valence-electron chi connectivity index (χ2n) is 10.4.